The molecular weight excluding hydrogens is 547 g/mol. The van der Waals surface area contributed by atoms with Crippen LogP contribution in [0, 0.1) is 11.2 Å². The van der Waals surface area contributed by atoms with Crippen LogP contribution in [0.25, 0.3) is 0 Å². The van der Waals surface area contributed by atoms with E-state index in [-0.39, 0.29) is 33.7 Å². The van der Waals surface area contributed by atoms with Crippen LogP contribution in [0.2, 0.25) is 5.02 Å². The maximum absolute atomic E-state index is 13.9. The second-order valence-corrected chi connectivity index (χ2v) is 11.6. The molecule has 7 rings (SSSR count). The zero-order valence-electron chi connectivity index (χ0n) is 21.0. The van der Waals surface area contributed by atoms with Crippen LogP contribution < -0.4 is 10.9 Å². The van der Waals surface area contributed by atoms with Crippen molar-refractivity contribution >= 4 is 34.7 Å². The fraction of sp³-hybridized carbons (Fsp3) is 0.385. The molecule has 1 spiro atoms. The topological polar surface area (TPSA) is 114 Å². The molecule has 10 nitrogen and oxygen atoms in total. The quantitative estimate of drug-likeness (QED) is 0.453. The third-order valence-electron chi connectivity index (χ3n) is 8.35. The van der Waals surface area contributed by atoms with E-state index in [0.717, 1.165) is 17.7 Å². The minimum absolute atomic E-state index is 0.0672. The number of carbonyl (C=O) groups excluding carboxylic acids is 1. The van der Waals surface area contributed by atoms with E-state index in [9.17, 15) is 14.0 Å². The van der Waals surface area contributed by atoms with Gasteiger partial charge in [-0.25, -0.2) is 14.2 Å². The molecule has 0 bridgehead atoms. The summed E-state index contributed by atoms with van der Waals surface area (Å²) in [5.41, 5.74) is 2.76. The molecule has 0 amide bonds. The van der Waals surface area contributed by atoms with E-state index in [1.807, 2.05) is 12.4 Å². The maximum Gasteiger partial charge on any atom is 0.338 e. The second-order valence-electron chi connectivity index (χ2n) is 10.3. The number of nitrogens with one attached hydrogen (secondary N) is 2. The highest BCUT2D eigenvalue weighted by Gasteiger charge is 2.68. The number of ether oxygens (including phenoxy) is 2. The van der Waals surface area contributed by atoms with Gasteiger partial charge in [0.15, 0.2) is 10.8 Å². The molecule has 2 N–H and O–H groups in total. The van der Waals surface area contributed by atoms with Gasteiger partial charge in [-0.1, -0.05) is 17.7 Å². The van der Waals surface area contributed by atoms with Crippen LogP contribution in [-0.4, -0.2) is 64.4 Å². The van der Waals surface area contributed by atoms with Crippen molar-refractivity contribution in [3.05, 3.63) is 84.1 Å². The van der Waals surface area contributed by atoms with Crippen molar-refractivity contribution in [1.82, 2.24) is 25.0 Å². The van der Waals surface area contributed by atoms with E-state index < -0.39 is 17.8 Å². The summed E-state index contributed by atoms with van der Waals surface area (Å²) in [7, 11) is 3.16. The predicted molar refractivity (Wildman–Crippen MR) is 141 cm³/mol. The second kappa shape index (κ2) is 8.85. The summed E-state index contributed by atoms with van der Waals surface area (Å²) >= 11 is 7.87. The number of methoxy groups -OCH3 is 1. The first-order valence-corrected chi connectivity index (χ1v) is 13.7. The normalized spacial score (nSPS) is 27.4. The largest absolute Gasteiger partial charge is 0.466 e. The SMILES string of the molecule is COC(=O)C1=C(CN2C3COCC34Cc3c(c(=O)[nH]n3C)C24)NC(c2nccs2)=N[C@H]1c1ccc(F)cc1Cl. The summed E-state index contributed by atoms with van der Waals surface area (Å²) in [6.07, 6.45) is 2.42. The number of fused-ring (bicyclic) bond motifs is 2. The highest BCUT2D eigenvalue weighted by atomic mass is 35.5. The van der Waals surface area contributed by atoms with Crippen molar-refractivity contribution in [3.8, 4) is 0 Å². The third-order valence-corrected chi connectivity index (χ3v) is 9.46. The van der Waals surface area contributed by atoms with Crippen LogP contribution in [0.15, 0.2) is 50.8 Å². The average molecular weight is 571 g/mol. The van der Waals surface area contributed by atoms with Gasteiger partial charge >= 0.3 is 5.97 Å². The minimum Gasteiger partial charge on any atom is -0.466 e. The highest BCUT2D eigenvalue weighted by molar-refractivity contribution is 7.11. The molecule has 0 saturated carbocycles. The number of hydrogen-bond acceptors (Lipinski definition) is 9. The predicted octanol–water partition coefficient (Wildman–Crippen LogP) is 2.48. The molecular formula is C26H24ClFN6O4S. The molecule has 1 aliphatic carbocycles. The molecule has 5 heterocycles. The van der Waals surface area contributed by atoms with Crippen LogP contribution in [-0.2, 0) is 27.7 Å². The molecule has 3 unspecified atom stereocenters. The number of aromatic amines is 1. The number of thiazole rings is 1. The number of H-pyrrole nitrogens is 1. The summed E-state index contributed by atoms with van der Waals surface area (Å²) < 4.78 is 26.9. The first-order valence-electron chi connectivity index (χ1n) is 12.4. The molecule has 202 valence electrons. The van der Waals surface area contributed by atoms with E-state index in [4.69, 9.17) is 26.1 Å². The number of amidine groups is 1. The van der Waals surface area contributed by atoms with Gasteiger partial charge < -0.3 is 14.8 Å². The zero-order valence-corrected chi connectivity index (χ0v) is 22.6. The highest BCUT2D eigenvalue weighted by Crippen LogP contribution is 2.62. The molecule has 2 fully saturated rings. The van der Waals surface area contributed by atoms with E-state index >= 15 is 0 Å². The van der Waals surface area contributed by atoms with Crippen LogP contribution in [0.5, 0.6) is 0 Å². The molecule has 3 aromatic rings. The van der Waals surface area contributed by atoms with Gasteiger partial charge in [-0.2, -0.15) is 0 Å². The minimum atomic E-state index is -0.856. The van der Waals surface area contributed by atoms with Gasteiger partial charge in [0.05, 0.1) is 37.5 Å². The lowest BCUT2D eigenvalue weighted by atomic mass is 9.67. The van der Waals surface area contributed by atoms with Gasteiger partial charge in [0, 0.05) is 65.0 Å². The number of aromatic nitrogens is 3. The Labute approximate surface area is 231 Å². The molecule has 13 heteroatoms. The van der Waals surface area contributed by atoms with Crippen molar-refractivity contribution in [3.63, 3.8) is 0 Å². The van der Waals surface area contributed by atoms with Gasteiger partial charge in [0.25, 0.3) is 5.56 Å². The fourth-order valence-corrected chi connectivity index (χ4v) is 7.57. The van der Waals surface area contributed by atoms with Crippen molar-refractivity contribution in [2.75, 3.05) is 26.9 Å². The summed E-state index contributed by atoms with van der Waals surface area (Å²) in [5.74, 6) is -0.602. The first-order chi connectivity index (χ1) is 18.8. The molecule has 3 aliphatic heterocycles. The Morgan fingerprint density at radius 1 is 1.41 bits per heavy atom. The molecule has 1 aromatic carbocycles. The Hall–Kier alpha value is -3.32. The van der Waals surface area contributed by atoms with Crippen molar-refractivity contribution in [2.45, 2.75) is 24.5 Å². The Bertz CT molecular complexity index is 1630. The number of aliphatic imine (C=N–C) groups is 1. The van der Waals surface area contributed by atoms with E-state index in [2.05, 4.69) is 20.3 Å². The number of halogens is 2. The fourth-order valence-electron chi connectivity index (χ4n) is 6.71. The number of hydrogen-bond donors (Lipinski definition) is 2. The van der Waals surface area contributed by atoms with Gasteiger partial charge in [-0.3, -0.25) is 24.5 Å². The smallest absolute Gasteiger partial charge is 0.338 e. The molecule has 2 aromatic heterocycles. The van der Waals surface area contributed by atoms with Gasteiger partial charge in [-0.15, -0.1) is 11.3 Å². The number of aryl methyl sites for hydroxylation is 1. The lowest BCUT2D eigenvalue weighted by Gasteiger charge is -2.57. The number of esters is 1. The Morgan fingerprint density at radius 2 is 2.26 bits per heavy atom. The van der Waals surface area contributed by atoms with Gasteiger partial charge in [-0.05, 0) is 12.1 Å². The van der Waals surface area contributed by atoms with Gasteiger partial charge in [0.2, 0.25) is 0 Å². The van der Waals surface area contributed by atoms with Crippen molar-refractivity contribution < 1.29 is 18.7 Å². The number of carbonyl (C=O) groups is 1. The van der Waals surface area contributed by atoms with Crippen LogP contribution in [0.3, 0.4) is 0 Å². The maximum atomic E-state index is 13.9. The number of likely N-dealkylation sites (tertiary alicyclic amines) is 1. The molecule has 4 aliphatic rings. The van der Waals surface area contributed by atoms with Gasteiger partial charge in [0.1, 0.15) is 11.9 Å². The lowest BCUT2D eigenvalue weighted by Crippen LogP contribution is -2.66. The molecule has 0 radical (unpaired) electrons. The van der Waals surface area contributed by atoms with Crippen molar-refractivity contribution in [2.24, 2.45) is 17.5 Å². The lowest BCUT2D eigenvalue weighted by molar-refractivity contribution is -0.136. The van der Waals surface area contributed by atoms with E-state index in [1.165, 1.54) is 36.6 Å². The summed E-state index contributed by atoms with van der Waals surface area (Å²) in [6.45, 7) is 1.41. The van der Waals surface area contributed by atoms with Crippen LogP contribution >= 0.6 is 22.9 Å². The number of nitrogens with zero attached hydrogens (tertiary/aromatic N) is 4. The van der Waals surface area contributed by atoms with Crippen LogP contribution in [0.4, 0.5) is 4.39 Å². The van der Waals surface area contributed by atoms with E-state index in [0.29, 0.717) is 41.9 Å². The average Bonchev–Trinajstić information content (AvgIpc) is 3.68. The van der Waals surface area contributed by atoms with Crippen molar-refractivity contribution in [1.29, 1.82) is 0 Å². The Kier molecular flexibility index (Phi) is 5.60. The monoisotopic (exact) mass is 570 g/mol. The number of benzene rings is 1. The number of rotatable bonds is 5. The van der Waals surface area contributed by atoms with E-state index in [1.54, 1.807) is 10.9 Å². The molecule has 39 heavy (non-hydrogen) atoms. The Morgan fingerprint density at radius 3 is 3.00 bits per heavy atom. The molecule has 2 saturated heterocycles. The first kappa shape index (κ1) is 24.7. The summed E-state index contributed by atoms with van der Waals surface area (Å²) in [4.78, 5) is 37.7. The molecule has 4 atom stereocenters. The standard InChI is InChI=1S/C26H24ClFN6O4S/c1-33-16-8-26-11-38-10-17(26)34(21(26)19(16)23(35)32-33)9-15-18(25(36)37-2)20(13-4-3-12(28)7-14(13)27)31-22(30-15)24-29-5-6-39-24/h3-7,17,20-21H,8-11H2,1-2H3,(H,30,31)(H,32,35)/t17?,20-,21?,26?/m0/s1. The summed E-state index contributed by atoms with van der Waals surface area (Å²) in [6, 6.07) is 3.07. The third kappa shape index (κ3) is 3.51. The zero-order chi connectivity index (χ0) is 27.1. The summed E-state index contributed by atoms with van der Waals surface area (Å²) in [5, 5.41) is 8.83. The van der Waals surface area contributed by atoms with Crippen LogP contribution in [0.1, 0.15) is 33.9 Å². The Balaban J connectivity index is 1.35.